The summed E-state index contributed by atoms with van der Waals surface area (Å²) in [4.78, 5) is 0. The molecule has 642 valence electrons. The van der Waals surface area contributed by atoms with Crippen molar-refractivity contribution in [3.63, 3.8) is 0 Å². The Bertz CT molecular complexity index is 3330. The van der Waals surface area contributed by atoms with Crippen molar-refractivity contribution in [3.05, 3.63) is 166 Å². The molecule has 0 bridgehead atoms. The first-order chi connectivity index (χ1) is 52.9. The van der Waals surface area contributed by atoms with Crippen LogP contribution in [0.1, 0.15) is 242 Å². The van der Waals surface area contributed by atoms with Gasteiger partial charge in [0.05, 0.1) is 22.7 Å². The fourth-order valence-corrected chi connectivity index (χ4v) is 15.4. The third-order valence-electron chi connectivity index (χ3n) is 23.2. The van der Waals surface area contributed by atoms with Crippen LogP contribution < -0.4 is 120 Å². The summed E-state index contributed by atoms with van der Waals surface area (Å²) in [6.07, 6.45) is 25.2. The second-order valence-corrected chi connectivity index (χ2v) is 35.9. The Hall–Kier alpha value is -6.80. The van der Waals surface area contributed by atoms with Crippen molar-refractivity contribution in [2.24, 2.45) is 126 Å². The third kappa shape index (κ3) is 44.2. The molecule has 5 aliphatic carbocycles. The van der Waals surface area contributed by atoms with Gasteiger partial charge >= 0.3 is 0 Å². The van der Waals surface area contributed by atoms with E-state index in [1.807, 2.05) is 131 Å². The molecule has 0 aromatic heterocycles. The van der Waals surface area contributed by atoms with E-state index in [0.717, 1.165) is 126 Å². The maximum Gasteiger partial charge on any atom is 0.0550 e. The number of aryl methyl sites for hydroxylation is 3. The smallest absolute Gasteiger partial charge is 0.0550 e. The summed E-state index contributed by atoms with van der Waals surface area (Å²) in [6.45, 7) is 35.3. The van der Waals surface area contributed by atoms with Crippen molar-refractivity contribution in [2.45, 2.75) is 287 Å². The van der Waals surface area contributed by atoms with Crippen molar-refractivity contribution in [2.75, 3.05) is 65.5 Å². The second-order valence-electron chi connectivity index (χ2n) is 35.9. The highest BCUT2D eigenvalue weighted by Gasteiger charge is 2.39. The van der Waals surface area contributed by atoms with Crippen LogP contribution in [0.3, 0.4) is 0 Å². The molecule has 11 atom stereocenters. The van der Waals surface area contributed by atoms with Crippen LogP contribution in [0, 0.1) is 79.4 Å². The summed E-state index contributed by atoms with van der Waals surface area (Å²) in [5, 5.41) is 0. The third-order valence-corrected chi connectivity index (χ3v) is 23.2. The lowest BCUT2D eigenvalue weighted by molar-refractivity contribution is 0.0904. The van der Waals surface area contributed by atoms with E-state index >= 15 is 0 Å². The van der Waals surface area contributed by atoms with Crippen molar-refractivity contribution in [3.8, 4) is 0 Å². The fourth-order valence-electron chi connectivity index (χ4n) is 15.4. The first kappa shape index (κ1) is 104. The molecule has 0 amide bonds. The topological polar surface area (TPSA) is 546 Å². The largest absolute Gasteiger partial charge is 0.399 e. The SMILES string of the molecule is CC(CN)CCCN.CC1(C)CC(N)CC(C)(CN)C1.CC1(C)CCC(C(C)(C)N)CC1.CC1CC(CC2CCC(N)C(C)C2)CCC1N.Cc1c(N)cccc1N.Cc1cc(N)c(N)cc1C.Cc1ccc(N)c(N)c1.NC1CCCCC1N.NCc1cccc(CN)c1.NCc1ccccc1CN.Nc1cccc(N)c1. The molecule has 0 aliphatic heterocycles. The second kappa shape index (κ2) is 54.2. The van der Waals surface area contributed by atoms with E-state index in [4.69, 9.17) is 120 Å². The standard InChI is InChI=1S/C15H30N2.C11H23N.C10H22N2.3C8H12N2.2C7H10N2.C6H8N2.C6H14N2.C6H16N2/c1-10-7-12(3-5-14(10)16)9-13-4-6-15(17)11(2)8-13;1-10(2)7-5-9(6-8-10)11(3,4)12;1-9(2)4-8(12)5-10(3,6-9)7-11;1-5-3-7(9)8(10)4-6(5)2;9-5-7-2-1-3-8(4-7)6-10;9-5-7-3-1-2-4-8(7)6-10;1-5-2-3-6(8)7(9)4-5;1-5-6(8)3-2-4-7(5)9;7-5-2-1-3-6(8)4-5;7-5-3-1-2-4-6(5)8;1-6(5-8)3-2-4-7/h10-15H,3-9,16-17H2,1-2H3;9H,5-8,12H2,1-4H3;8H,4-7,11-12H2,1-3H3;3-4H,9-10H2,1-2H3;2*1-4H,5-6,9-10H2;2*2-4H,8-9H2,1H3;1-4H,7-8H2;5-6H,1-4,7-8H2;6H,2-5,7-8H2,1H3. The Kier molecular flexibility index (Phi) is 50.0. The molecular weight excluding hydrogens is 1400 g/mol. The highest BCUT2D eigenvalue weighted by Crippen LogP contribution is 2.45. The van der Waals surface area contributed by atoms with Gasteiger partial charge in [0.25, 0.3) is 0 Å². The number of hydrogen-bond acceptors (Lipinski definition) is 21. The molecule has 0 saturated heterocycles. The minimum atomic E-state index is 0.0382. The molecule has 21 heteroatoms. The first-order valence-electron chi connectivity index (χ1n) is 42.0. The number of rotatable bonds is 12. The van der Waals surface area contributed by atoms with Crippen LogP contribution in [0.15, 0.2) is 121 Å². The van der Waals surface area contributed by atoms with Crippen molar-refractivity contribution >= 4 is 45.5 Å². The van der Waals surface area contributed by atoms with Gasteiger partial charge in [0, 0.05) is 84.7 Å². The van der Waals surface area contributed by atoms with Crippen molar-refractivity contribution in [1.29, 1.82) is 0 Å². The van der Waals surface area contributed by atoms with Gasteiger partial charge in [0.1, 0.15) is 0 Å². The number of hydrogen-bond donors (Lipinski definition) is 21. The van der Waals surface area contributed by atoms with Crippen LogP contribution >= 0.6 is 0 Å². The van der Waals surface area contributed by atoms with Gasteiger partial charge in [-0.3, -0.25) is 0 Å². The zero-order valence-corrected chi connectivity index (χ0v) is 73.1. The minimum Gasteiger partial charge on any atom is -0.399 e. The Morgan fingerprint density at radius 2 is 0.894 bits per heavy atom. The number of nitrogens with two attached hydrogens (primary N) is 21. The normalized spacial score (nSPS) is 22.9. The van der Waals surface area contributed by atoms with Crippen LogP contribution in [0.5, 0.6) is 0 Å². The molecule has 0 heterocycles. The Morgan fingerprint density at radius 3 is 1.24 bits per heavy atom. The molecule has 11 rings (SSSR count). The summed E-state index contributed by atoms with van der Waals surface area (Å²) >= 11 is 0. The lowest BCUT2D eigenvalue weighted by Gasteiger charge is -2.45. The molecule has 11 unspecified atom stereocenters. The van der Waals surface area contributed by atoms with E-state index in [0.29, 0.717) is 95.2 Å². The van der Waals surface area contributed by atoms with Crippen LogP contribution in [0.4, 0.5) is 45.5 Å². The van der Waals surface area contributed by atoms with E-state index in [1.165, 1.54) is 107 Å². The zero-order valence-electron chi connectivity index (χ0n) is 73.1. The summed E-state index contributed by atoms with van der Waals surface area (Å²) in [6, 6.07) is 39.9. The molecular formula is C92H169N21. The summed E-state index contributed by atoms with van der Waals surface area (Å²) < 4.78 is 0. The van der Waals surface area contributed by atoms with Gasteiger partial charge in [-0.15, -0.1) is 0 Å². The Balaban J connectivity index is 0.000000626. The van der Waals surface area contributed by atoms with Crippen LogP contribution in [-0.4, -0.2) is 55.4 Å². The number of benzene rings is 6. The van der Waals surface area contributed by atoms with Gasteiger partial charge in [-0.05, 0) is 328 Å². The molecule has 0 radical (unpaired) electrons. The lowest BCUT2D eigenvalue weighted by atomic mass is 9.63. The number of anilines is 8. The van der Waals surface area contributed by atoms with Gasteiger partial charge in [-0.1, -0.05) is 135 Å². The average molecular weight is 1570 g/mol. The van der Waals surface area contributed by atoms with Crippen LogP contribution in [0.2, 0.25) is 0 Å². The van der Waals surface area contributed by atoms with Crippen molar-refractivity contribution in [1.82, 2.24) is 0 Å². The van der Waals surface area contributed by atoms with E-state index in [-0.39, 0.29) is 23.0 Å². The molecule has 21 nitrogen and oxygen atoms in total. The molecule has 0 spiro atoms. The molecule has 5 saturated carbocycles. The van der Waals surface area contributed by atoms with Gasteiger partial charge in [-0.25, -0.2) is 0 Å². The molecule has 6 aromatic rings. The number of nitrogen functional groups attached to an aromatic ring is 8. The fraction of sp³-hybridized carbons (Fsp3) is 0.609. The average Bonchev–Trinajstić information content (AvgIpc) is 0.818. The quantitative estimate of drug-likeness (QED) is 0.0506. The maximum absolute atomic E-state index is 6.10. The van der Waals surface area contributed by atoms with Crippen LogP contribution in [0.25, 0.3) is 0 Å². The highest BCUT2D eigenvalue weighted by molar-refractivity contribution is 5.66. The predicted molar refractivity (Wildman–Crippen MR) is 496 cm³/mol. The molecule has 5 fully saturated rings. The zero-order chi connectivity index (χ0) is 85.8. The molecule has 113 heavy (non-hydrogen) atoms. The molecule has 42 N–H and O–H groups in total. The van der Waals surface area contributed by atoms with Gasteiger partial charge in [0.15, 0.2) is 0 Å². The molecule has 5 aliphatic rings. The monoisotopic (exact) mass is 1570 g/mol. The van der Waals surface area contributed by atoms with Gasteiger partial charge in [0.2, 0.25) is 0 Å². The summed E-state index contributed by atoms with van der Waals surface area (Å²) in [5.74, 6) is 4.74. The van der Waals surface area contributed by atoms with Crippen molar-refractivity contribution < 1.29 is 0 Å². The Morgan fingerprint density at radius 1 is 0.451 bits per heavy atom. The van der Waals surface area contributed by atoms with Gasteiger partial charge in [-0.2, -0.15) is 0 Å². The summed E-state index contributed by atoms with van der Waals surface area (Å²) in [5.41, 5.74) is 134. The molecule has 6 aromatic carbocycles. The van der Waals surface area contributed by atoms with E-state index in [1.54, 1.807) is 18.2 Å². The predicted octanol–water partition coefficient (Wildman–Crippen LogP) is 13.7. The van der Waals surface area contributed by atoms with Gasteiger partial charge < -0.3 is 120 Å². The lowest BCUT2D eigenvalue weighted by Crippen LogP contribution is -2.45. The summed E-state index contributed by atoms with van der Waals surface area (Å²) in [7, 11) is 0. The first-order valence-corrected chi connectivity index (χ1v) is 42.0. The highest BCUT2D eigenvalue weighted by atomic mass is 14.8. The minimum absolute atomic E-state index is 0.0382. The maximum atomic E-state index is 6.10. The van der Waals surface area contributed by atoms with E-state index in [9.17, 15) is 0 Å². The van der Waals surface area contributed by atoms with Crippen LogP contribution in [-0.2, 0) is 26.2 Å². The Labute approximate surface area is 686 Å². The van der Waals surface area contributed by atoms with E-state index < -0.39 is 0 Å². The van der Waals surface area contributed by atoms with E-state index in [2.05, 4.69) is 69.2 Å².